The van der Waals surface area contributed by atoms with E-state index in [-0.39, 0.29) is 4.90 Å². The summed E-state index contributed by atoms with van der Waals surface area (Å²) in [5.74, 6) is -0.495. The van der Waals surface area contributed by atoms with Gasteiger partial charge in [-0.1, -0.05) is 25.0 Å². The normalized spacial score (nSPS) is 15.9. The van der Waals surface area contributed by atoms with E-state index in [1.165, 1.54) is 0 Å². The minimum Gasteiger partial charge on any atom is -0.325 e. The Balaban J connectivity index is 2.01. The molecule has 0 radical (unpaired) electrons. The molecule has 5 nitrogen and oxygen atoms in total. The van der Waals surface area contributed by atoms with Gasteiger partial charge >= 0.3 is 0 Å². The Hall–Kier alpha value is -2.65. The molecule has 1 fully saturated rings. The fourth-order valence-corrected chi connectivity index (χ4v) is 6.02. The zero-order chi connectivity index (χ0) is 19.7. The fraction of sp³-hybridized carbons (Fsp3) is 0.333. The number of anilines is 1. The standard InChI is InChI=1S/C21H22N2O3S/c1-15-5-6-16(2)19(13-15)27(25,26)21(11-3-4-12-21)20(24)23-18-9-7-17(14-22)8-10-18/h5-10,13H,3-4,11-12H2,1-2H3,(H,23,24). The largest absolute Gasteiger partial charge is 0.325 e. The van der Waals surface area contributed by atoms with Crippen LogP contribution in [0.25, 0.3) is 0 Å². The van der Waals surface area contributed by atoms with E-state index >= 15 is 0 Å². The summed E-state index contributed by atoms with van der Waals surface area (Å²) in [5, 5.41) is 11.6. The third-order valence-corrected chi connectivity index (χ3v) is 7.89. The van der Waals surface area contributed by atoms with Crippen LogP contribution >= 0.6 is 0 Å². The van der Waals surface area contributed by atoms with Crippen LogP contribution in [0.4, 0.5) is 5.69 Å². The van der Waals surface area contributed by atoms with Crippen molar-refractivity contribution in [3.63, 3.8) is 0 Å². The summed E-state index contributed by atoms with van der Waals surface area (Å²) < 4.78 is 25.7. The molecule has 0 spiro atoms. The van der Waals surface area contributed by atoms with Gasteiger partial charge in [-0.2, -0.15) is 5.26 Å². The number of nitrogens with one attached hydrogen (secondary N) is 1. The topological polar surface area (TPSA) is 87.0 Å². The summed E-state index contributed by atoms with van der Waals surface area (Å²) in [6.07, 6.45) is 2.02. The van der Waals surface area contributed by atoms with Crippen LogP contribution in [-0.2, 0) is 14.6 Å². The van der Waals surface area contributed by atoms with Crippen LogP contribution in [0.3, 0.4) is 0 Å². The van der Waals surface area contributed by atoms with Gasteiger partial charge in [-0.05, 0) is 68.1 Å². The molecular weight excluding hydrogens is 360 g/mol. The van der Waals surface area contributed by atoms with Crippen LogP contribution in [0.5, 0.6) is 0 Å². The second-order valence-corrected chi connectivity index (χ2v) is 9.35. The molecule has 1 aliphatic carbocycles. The first-order valence-corrected chi connectivity index (χ1v) is 10.4. The molecular formula is C21H22N2O3S. The lowest BCUT2D eigenvalue weighted by Crippen LogP contribution is -2.47. The number of amides is 1. The maximum absolute atomic E-state index is 13.6. The van der Waals surface area contributed by atoms with E-state index in [0.29, 0.717) is 42.5 Å². The highest BCUT2D eigenvalue weighted by Gasteiger charge is 2.53. The Morgan fingerprint density at radius 2 is 1.70 bits per heavy atom. The first-order valence-electron chi connectivity index (χ1n) is 8.94. The van der Waals surface area contributed by atoms with Crippen molar-refractivity contribution in [3.8, 4) is 6.07 Å². The second-order valence-electron chi connectivity index (χ2n) is 7.12. The third kappa shape index (κ3) is 3.35. The summed E-state index contributed by atoms with van der Waals surface area (Å²) >= 11 is 0. The number of nitriles is 1. The highest BCUT2D eigenvalue weighted by atomic mass is 32.2. The molecule has 1 N–H and O–H groups in total. The maximum atomic E-state index is 13.6. The Morgan fingerprint density at radius 3 is 2.30 bits per heavy atom. The average Bonchev–Trinajstić information content (AvgIpc) is 3.16. The van der Waals surface area contributed by atoms with Crippen molar-refractivity contribution in [2.24, 2.45) is 0 Å². The number of rotatable bonds is 4. The lowest BCUT2D eigenvalue weighted by molar-refractivity contribution is -0.118. The molecule has 1 aliphatic rings. The van der Waals surface area contributed by atoms with E-state index in [0.717, 1.165) is 5.56 Å². The lowest BCUT2D eigenvalue weighted by atomic mass is 10.1. The minimum atomic E-state index is -3.85. The molecule has 0 atom stereocenters. The van der Waals surface area contributed by atoms with Gasteiger partial charge in [-0.3, -0.25) is 4.79 Å². The molecule has 1 saturated carbocycles. The molecule has 1 amide bonds. The molecule has 0 aliphatic heterocycles. The van der Waals surface area contributed by atoms with Crippen molar-refractivity contribution < 1.29 is 13.2 Å². The van der Waals surface area contributed by atoms with Gasteiger partial charge in [0.15, 0.2) is 14.6 Å². The smallest absolute Gasteiger partial charge is 0.246 e. The van der Waals surface area contributed by atoms with Gasteiger partial charge in [-0.25, -0.2) is 8.42 Å². The van der Waals surface area contributed by atoms with Crippen molar-refractivity contribution in [2.45, 2.75) is 49.2 Å². The van der Waals surface area contributed by atoms with E-state index in [1.54, 1.807) is 43.3 Å². The van der Waals surface area contributed by atoms with E-state index in [1.807, 2.05) is 19.1 Å². The molecule has 6 heteroatoms. The summed E-state index contributed by atoms with van der Waals surface area (Å²) in [6.45, 7) is 3.60. The van der Waals surface area contributed by atoms with Gasteiger partial charge in [0.05, 0.1) is 16.5 Å². The SMILES string of the molecule is Cc1ccc(C)c(S(=O)(=O)C2(C(=O)Nc3ccc(C#N)cc3)CCCC2)c1. The number of hydrogen-bond donors (Lipinski definition) is 1. The number of benzene rings is 2. The van der Waals surface area contributed by atoms with Crippen molar-refractivity contribution in [2.75, 3.05) is 5.32 Å². The predicted molar refractivity (Wildman–Crippen MR) is 104 cm³/mol. The quantitative estimate of drug-likeness (QED) is 0.869. The minimum absolute atomic E-state index is 0.236. The van der Waals surface area contributed by atoms with Crippen LogP contribution in [0.15, 0.2) is 47.4 Å². The second kappa shape index (κ2) is 7.16. The maximum Gasteiger partial charge on any atom is 0.246 e. The first kappa shape index (κ1) is 19.1. The first-order chi connectivity index (χ1) is 12.8. The molecule has 0 saturated heterocycles. The molecule has 0 aromatic heterocycles. The van der Waals surface area contributed by atoms with Crippen LogP contribution in [0.2, 0.25) is 0 Å². The van der Waals surface area contributed by atoms with Crippen LogP contribution in [0, 0.1) is 25.2 Å². The third-order valence-electron chi connectivity index (χ3n) is 5.24. The molecule has 3 rings (SSSR count). The Bertz CT molecular complexity index is 1010. The highest BCUT2D eigenvalue weighted by molar-refractivity contribution is 7.93. The fourth-order valence-electron chi connectivity index (χ4n) is 3.64. The molecule has 2 aromatic rings. The van der Waals surface area contributed by atoms with Gasteiger partial charge in [-0.15, -0.1) is 0 Å². The number of aryl methyl sites for hydroxylation is 2. The van der Waals surface area contributed by atoms with Gasteiger partial charge in [0, 0.05) is 5.69 Å². The van der Waals surface area contributed by atoms with Gasteiger partial charge in [0.1, 0.15) is 0 Å². The predicted octanol–water partition coefficient (Wildman–Crippen LogP) is 3.90. The van der Waals surface area contributed by atoms with Crippen LogP contribution in [0.1, 0.15) is 42.4 Å². The van der Waals surface area contributed by atoms with Crippen LogP contribution in [-0.4, -0.2) is 19.1 Å². The van der Waals surface area contributed by atoms with Gasteiger partial charge < -0.3 is 5.32 Å². The average molecular weight is 382 g/mol. The molecule has 0 unspecified atom stereocenters. The van der Waals surface area contributed by atoms with E-state index < -0.39 is 20.5 Å². The Labute approximate surface area is 159 Å². The van der Waals surface area contributed by atoms with Crippen LogP contribution < -0.4 is 5.32 Å². The highest BCUT2D eigenvalue weighted by Crippen LogP contribution is 2.42. The molecule has 27 heavy (non-hydrogen) atoms. The van der Waals surface area contributed by atoms with E-state index in [9.17, 15) is 13.2 Å². The number of carbonyl (C=O) groups excluding carboxylic acids is 1. The van der Waals surface area contributed by atoms with E-state index in [2.05, 4.69) is 5.32 Å². The summed E-state index contributed by atoms with van der Waals surface area (Å²) in [7, 11) is -3.85. The molecule has 0 heterocycles. The molecule has 2 aromatic carbocycles. The molecule has 140 valence electrons. The number of carbonyl (C=O) groups is 1. The Morgan fingerprint density at radius 1 is 1.07 bits per heavy atom. The summed E-state index contributed by atoms with van der Waals surface area (Å²) in [6, 6.07) is 13.7. The zero-order valence-electron chi connectivity index (χ0n) is 15.5. The summed E-state index contributed by atoms with van der Waals surface area (Å²) in [5.41, 5.74) is 2.46. The zero-order valence-corrected chi connectivity index (χ0v) is 16.3. The van der Waals surface area contributed by atoms with Crippen molar-refractivity contribution in [3.05, 3.63) is 59.2 Å². The Kier molecular flexibility index (Phi) is 5.07. The van der Waals surface area contributed by atoms with Crippen molar-refractivity contribution in [1.29, 1.82) is 5.26 Å². The monoisotopic (exact) mass is 382 g/mol. The molecule has 0 bridgehead atoms. The number of nitrogens with zero attached hydrogens (tertiary/aromatic N) is 1. The van der Waals surface area contributed by atoms with Crippen molar-refractivity contribution >= 4 is 21.4 Å². The lowest BCUT2D eigenvalue weighted by Gasteiger charge is -2.28. The number of hydrogen-bond acceptors (Lipinski definition) is 4. The number of sulfone groups is 1. The van der Waals surface area contributed by atoms with Crippen molar-refractivity contribution in [1.82, 2.24) is 0 Å². The van der Waals surface area contributed by atoms with Gasteiger partial charge in [0.25, 0.3) is 0 Å². The summed E-state index contributed by atoms with van der Waals surface area (Å²) in [4.78, 5) is 13.4. The van der Waals surface area contributed by atoms with Gasteiger partial charge in [0.2, 0.25) is 5.91 Å². The van der Waals surface area contributed by atoms with E-state index in [4.69, 9.17) is 5.26 Å².